The van der Waals surface area contributed by atoms with Gasteiger partial charge in [-0.15, -0.1) is 0 Å². The largest absolute Gasteiger partial charge is 0.507 e. The van der Waals surface area contributed by atoms with Crippen LogP contribution in [0.2, 0.25) is 0 Å². The van der Waals surface area contributed by atoms with Gasteiger partial charge in [0.25, 0.3) is 11.7 Å². The second-order valence-corrected chi connectivity index (χ2v) is 7.37. The van der Waals surface area contributed by atoms with Gasteiger partial charge in [0.15, 0.2) is 0 Å². The summed E-state index contributed by atoms with van der Waals surface area (Å²) < 4.78 is 0. The number of hydrogen-bond acceptors (Lipinski definition) is 4. The minimum absolute atomic E-state index is 0.114. The summed E-state index contributed by atoms with van der Waals surface area (Å²) in [6.07, 6.45) is 3.86. The quantitative estimate of drug-likeness (QED) is 0.400. The molecule has 1 N–H and O–H groups in total. The molecule has 1 aromatic heterocycles. The van der Waals surface area contributed by atoms with Gasteiger partial charge in [-0.25, -0.2) is 0 Å². The van der Waals surface area contributed by atoms with Crippen molar-refractivity contribution in [2.45, 2.75) is 19.4 Å². The minimum Gasteiger partial charge on any atom is -0.507 e. The highest BCUT2D eigenvalue weighted by Crippen LogP contribution is 2.39. The Labute approximate surface area is 175 Å². The smallest absolute Gasteiger partial charge is 0.295 e. The Kier molecular flexibility index (Phi) is 5.44. The molecule has 0 saturated carbocycles. The van der Waals surface area contributed by atoms with E-state index < -0.39 is 17.7 Å². The molecule has 0 bridgehead atoms. The third-order valence-electron chi connectivity index (χ3n) is 5.37. The maximum atomic E-state index is 13.0. The molecule has 4 rings (SSSR count). The Bertz CT molecular complexity index is 1090. The van der Waals surface area contributed by atoms with E-state index in [1.807, 2.05) is 49.4 Å². The normalized spacial score (nSPS) is 18.0. The number of Topliss-reactive ketones (excluding diaryl/α,β-unsaturated/α-hetero) is 1. The van der Waals surface area contributed by atoms with E-state index in [2.05, 4.69) is 4.98 Å². The van der Waals surface area contributed by atoms with Crippen LogP contribution < -0.4 is 0 Å². The highest BCUT2D eigenvalue weighted by molar-refractivity contribution is 6.46. The van der Waals surface area contributed by atoms with Crippen LogP contribution in [0.4, 0.5) is 0 Å². The SMILES string of the molecule is Cc1ccc(C(O)=C2C(=O)C(=O)N(CCc3ccccc3)[C@H]2c2ccncc2)cc1. The van der Waals surface area contributed by atoms with Crippen molar-refractivity contribution in [3.63, 3.8) is 0 Å². The van der Waals surface area contributed by atoms with E-state index in [9.17, 15) is 14.7 Å². The summed E-state index contributed by atoms with van der Waals surface area (Å²) in [7, 11) is 0. The van der Waals surface area contributed by atoms with Crippen LogP contribution in [-0.2, 0) is 16.0 Å². The molecule has 5 nitrogen and oxygen atoms in total. The van der Waals surface area contributed by atoms with Gasteiger partial charge < -0.3 is 10.0 Å². The summed E-state index contributed by atoms with van der Waals surface area (Å²) in [5.74, 6) is -1.42. The number of aliphatic hydroxyl groups is 1. The van der Waals surface area contributed by atoms with Gasteiger partial charge in [0, 0.05) is 24.5 Å². The summed E-state index contributed by atoms with van der Waals surface area (Å²) in [5, 5.41) is 11.0. The number of carbonyl (C=O) groups excluding carboxylic acids is 2. The molecule has 5 heteroatoms. The number of aliphatic hydroxyl groups excluding tert-OH is 1. The van der Waals surface area contributed by atoms with Crippen molar-refractivity contribution < 1.29 is 14.7 Å². The van der Waals surface area contributed by atoms with Crippen LogP contribution in [0.3, 0.4) is 0 Å². The van der Waals surface area contributed by atoms with Crippen LogP contribution in [0.25, 0.3) is 5.76 Å². The van der Waals surface area contributed by atoms with Gasteiger partial charge in [-0.1, -0.05) is 60.2 Å². The van der Waals surface area contributed by atoms with E-state index in [0.717, 1.165) is 16.7 Å². The maximum Gasteiger partial charge on any atom is 0.295 e. The van der Waals surface area contributed by atoms with Crippen LogP contribution >= 0.6 is 0 Å². The molecule has 3 aromatic rings. The summed E-state index contributed by atoms with van der Waals surface area (Å²) in [4.78, 5) is 31.5. The van der Waals surface area contributed by atoms with Gasteiger partial charge >= 0.3 is 0 Å². The molecule has 1 amide bonds. The molecule has 1 atom stereocenters. The van der Waals surface area contributed by atoms with Crippen LogP contribution in [-0.4, -0.2) is 33.2 Å². The lowest BCUT2D eigenvalue weighted by Gasteiger charge is -2.25. The number of rotatable bonds is 5. The van der Waals surface area contributed by atoms with Crippen molar-refractivity contribution in [1.82, 2.24) is 9.88 Å². The number of ketones is 1. The summed E-state index contributed by atoms with van der Waals surface area (Å²) in [5.41, 5.74) is 3.49. The predicted octanol–water partition coefficient (Wildman–Crippen LogP) is 4.05. The van der Waals surface area contributed by atoms with E-state index in [1.54, 1.807) is 41.6 Å². The van der Waals surface area contributed by atoms with E-state index in [4.69, 9.17) is 0 Å². The number of amides is 1. The van der Waals surface area contributed by atoms with Crippen molar-refractivity contribution in [1.29, 1.82) is 0 Å². The number of aromatic nitrogens is 1. The Balaban J connectivity index is 1.76. The van der Waals surface area contributed by atoms with Crippen LogP contribution in [0.5, 0.6) is 0 Å². The molecule has 2 heterocycles. The molecular formula is C25H22N2O3. The Morgan fingerprint density at radius 2 is 1.63 bits per heavy atom. The standard InChI is InChI=1S/C25H22N2O3/c1-17-7-9-20(10-8-17)23(28)21-22(19-11-14-26-15-12-19)27(25(30)24(21)29)16-13-18-5-3-2-4-6-18/h2-12,14-15,22,28H,13,16H2,1H3/t22-/m0/s1. The average molecular weight is 398 g/mol. The lowest BCUT2D eigenvalue weighted by Crippen LogP contribution is -2.31. The number of nitrogens with zero attached hydrogens (tertiary/aromatic N) is 2. The molecule has 1 saturated heterocycles. The molecule has 1 fully saturated rings. The van der Waals surface area contributed by atoms with E-state index in [-0.39, 0.29) is 11.3 Å². The van der Waals surface area contributed by atoms with Crippen LogP contribution in [0.15, 0.2) is 84.7 Å². The van der Waals surface area contributed by atoms with Crippen LogP contribution in [0, 0.1) is 6.92 Å². The lowest BCUT2D eigenvalue weighted by molar-refractivity contribution is -0.139. The molecule has 2 aromatic carbocycles. The zero-order valence-electron chi connectivity index (χ0n) is 16.7. The topological polar surface area (TPSA) is 70.5 Å². The van der Waals surface area contributed by atoms with E-state index >= 15 is 0 Å². The highest BCUT2D eigenvalue weighted by Gasteiger charge is 2.45. The molecule has 150 valence electrons. The fourth-order valence-corrected chi connectivity index (χ4v) is 3.76. The predicted molar refractivity (Wildman–Crippen MR) is 115 cm³/mol. The molecule has 0 aliphatic carbocycles. The average Bonchev–Trinajstić information content (AvgIpc) is 3.04. The first-order chi connectivity index (χ1) is 14.6. The third kappa shape index (κ3) is 3.74. The zero-order chi connectivity index (χ0) is 21.1. The summed E-state index contributed by atoms with van der Waals surface area (Å²) in [6.45, 7) is 2.32. The van der Waals surface area contributed by atoms with Crippen molar-refractivity contribution in [2.75, 3.05) is 6.54 Å². The number of hydrogen-bond donors (Lipinski definition) is 1. The van der Waals surface area contributed by atoms with Crippen molar-refractivity contribution in [2.24, 2.45) is 0 Å². The molecule has 30 heavy (non-hydrogen) atoms. The van der Waals surface area contributed by atoms with Crippen molar-refractivity contribution >= 4 is 17.4 Å². The van der Waals surface area contributed by atoms with E-state index in [1.165, 1.54) is 0 Å². The van der Waals surface area contributed by atoms with Crippen LogP contribution in [0.1, 0.15) is 28.3 Å². The zero-order valence-corrected chi connectivity index (χ0v) is 16.7. The molecule has 1 aliphatic rings. The Morgan fingerprint density at radius 1 is 0.967 bits per heavy atom. The third-order valence-corrected chi connectivity index (χ3v) is 5.37. The molecular weight excluding hydrogens is 376 g/mol. The van der Waals surface area contributed by atoms with Gasteiger partial charge in [0.1, 0.15) is 5.76 Å². The first kappa shape index (κ1) is 19.6. The fraction of sp³-hybridized carbons (Fsp3) is 0.160. The van der Waals surface area contributed by atoms with Gasteiger partial charge in [-0.2, -0.15) is 0 Å². The minimum atomic E-state index is -0.664. The Hall–Kier alpha value is -3.73. The van der Waals surface area contributed by atoms with Gasteiger partial charge in [0.05, 0.1) is 11.6 Å². The molecule has 0 unspecified atom stereocenters. The fourth-order valence-electron chi connectivity index (χ4n) is 3.76. The van der Waals surface area contributed by atoms with Gasteiger partial charge in [-0.05, 0) is 36.6 Å². The first-order valence-electron chi connectivity index (χ1n) is 9.85. The molecule has 0 spiro atoms. The number of benzene rings is 2. The monoisotopic (exact) mass is 398 g/mol. The second-order valence-electron chi connectivity index (χ2n) is 7.37. The lowest BCUT2D eigenvalue weighted by atomic mass is 9.95. The Morgan fingerprint density at radius 3 is 2.30 bits per heavy atom. The number of carbonyl (C=O) groups is 2. The van der Waals surface area contributed by atoms with E-state index in [0.29, 0.717) is 18.5 Å². The summed E-state index contributed by atoms with van der Waals surface area (Å²) >= 11 is 0. The maximum absolute atomic E-state index is 13.0. The molecule has 0 radical (unpaired) electrons. The second kappa shape index (κ2) is 8.33. The number of pyridine rings is 1. The first-order valence-corrected chi connectivity index (χ1v) is 9.85. The summed E-state index contributed by atoms with van der Waals surface area (Å²) in [6, 6.07) is 19.9. The molecule has 1 aliphatic heterocycles. The van der Waals surface area contributed by atoms with Gasteiger partial charge in [0.2, 0.25) is 0 Å². The van der Waals surface area contributed by atoms with Crippen molar-refractivity contribution in [3.8, 4) is 0 Å². The van der Waals surface area contributed by atoms with Crippen molar-refractivity contribution in [3.05, 3.63) is 107 Å². The van der Waals surface area contributed by atoms with Gasteiger partial charge in [-0.3, -0.25) is 14.6 Å². The highest BCUT2D eigenvalue weighted by atomic mass is 16.3. The number of likely N-dealkylation sites (tertiary alicyclic amines) is 1. The number of aryl methyl sites for hydroxylation is 1.